The van der Waals surface area contributed by atoms with Crippen LogP contribution in [0, 0.1) is 5.92 Å². The first-order valence-electron chi connectivity index (χ1n) is 8.52. The van der Waals surface area contributed by atoms with Gasteiger partial charge in [0, 0.05) is 39.3 Å². The summed E-state index contributed by atoms with van der Waals surface area (Å²) >= 11 is 0. The standard InChI is InChI=1S/C18H29N3/c1-15-7-9-16(10-8-15)19-11-12-21-14-13-20(2)17-5-3-4-6-18(17)21/h3-6,15-16,19H,7-14H2,1-2H3. The maximum absolute atomic E-state index is 3.78. The van der Waals surface area contributed by atoms with Crippen molar-refractivity contribution >= 4 is 11.4 Å². The molecule has 0 bridgehead atoms. The van der Waals surface area contributed by atoms with Gasteiger partial charge in [-0.05, 0) is 43.7 Å². The zero-order valence-electron chi connectivity index (χ0n) is 13.5. The number of fused-ring (bicyclic) bond motifs is 1. The van der Waals surface area contributed by atoms with Crippen molar-refractivity contribution in [3.05, 3.63) is 24.3 Å². The molecule has 1 aliphatic heterocycles. The van der Waals surface area contributed by atoms with Gasteiger partial charge >= 0.3 is 0 Å². The largest absolute Gasteiger partial charge is 0.371 e. The van der Waals surface area contributed by atoms with E-state index in [0.717, 1.165) is 38.1 Å². The molecule has 3 heteroatoms. The Kier molecular flexibility index (Phi) is 4.69. The number of para-hydroxylation sites is 2. The van der Waals surface area contributed by atoms with Crippen molar-refractivity contribution in [1.82, 2.24) is 5.32 Å². The number of hydrogen-bond acceptors (Lipinski definition) is 3. The summed E-state index contributed by atoms with van der Waals surface area (Å²) in [7, 11) is 2.19. The van der Waals surface area contributed by atoms with Gasteiger partial charge in [0.2, 0.25) is 0 Å². The van der Waals surface area contributed by atoms with Gasteiger partial charge in [-0.1, -0.05) is 19.1 Å². The van der Waals surface area contributed by atoms with E-state index < -0.39 is 0 Å². The van der Waals surface area contributed by atoms with Gasteiger partial charge in [-0.3, -0.25) is 0 Å². The fourth-order valence-corrected chi connectivity index (χ4v) is 3.67. The summed E-state index contributed by atoms with van der Waals surface area (Å²) in [6.45, 7) is 6.88. The highest BCUT2D eigenvalue weighted by molar-refractivity contribution is 5.73. The lowest BCUT2D eigenvalue weighted by Gasteiger charge is -2.37. The SMILES string of the molecule is CC1CCC(NCCN2CCN(C)c3ccccc32)CC1. The van der Waals surface area contributed by atoms with Crippen molar-refractivity contribution in [3.8, 4) is 0 Å². The Morgan fingerprint density at radius 2 is 1.76 bits per heavy atom. The number of likely N-dealkylation sites (N-methyl/N-ethyl adjacent to an activating group) is 1. The molecule has 0 saturated heterocycles. The molecule has 21 heavy (non-hydrogen) atoms. The summed E-state index contributed by atoms with van der Waals surface area (Å²) < 4.78 is 0. The van der Waals surface area contributed by atoms with E-state index in [2.05, 4.69) is 53.4 Å². The highest BCUT2D eigenvalue weighted by Gasteiger charge is 2.20. The van der Waals surface area contributed by atoms with Crippen molar-refractivity contribution < 1.29 is 0 Å². The van der Waals surface area contributed by atoms with Gasteiger partial charge in [0.15, 0.2) is 0 Å². The molecule has 0 atom stereocenters. The van der Waals surface area contributed by atoms with E-state index >= 15 is 0 Å². The van der Waals surface area contributed by atoms with Crippen LogP contribution in [-0.2, 0) is 0 Å². The molecule has 0 radical (unpaired) electrons. The van der Waals surface area contributed by atoms with Gasteiger partial charge in [-0.25, -0.2) is 0 Å². The van der Waals surface area contributed by atoms with E-state index in [0.29, 0.717) is 0 Å². The van der Waals surface area contributed by atoms with Gasteiger partial charge in [-0.15, -0.1) is 0 Å². The van der Waals surface area contributed by atoms with Crippen LogP contribution < -0.4 is 15.1 Å². The number of nitrogens with zero attached hydrogens (tertiary/aromatic N) is 2. The smallest absolute Gasteiger partial charge is 0.0605 e. The Labute approximate surface area is 129 Å². The highest BCUT2D eigenvalue weighted by atomic mass is 15.3. The first-order chi connectivity index (χ1) is 10.2. The number of benzene rings is 1. The summed E-state index contributed by atoms with van der Waals surface area (Å²) in [6, 6.07) is 9.54. The van der Waals surface area contributed by atoms with Crippen LogP contribution in [0.3, 0.4) is 0 Å². The van der Waals surface area contributed by atoms with Crippen molar-refractivity contribution in [1.29, 1.82) is 0 Å². The van der Waals surface area contributed by atoms with Crippen molar-refractivity contribution in [2.45, 2.75) is 38.6 Å². The second-order valence-electron chi connectivity index (χ2n) is 6.81. The molecule has 1 aliphatic carbocycles. The van der Waals surface area contributed by atoms with Crippen LogP contribution in [0.25, 0.3) is 0 Å². The monoisotopic (exact) mass is 287 g/mol. The molecular weight excluding hydrogens is 258 g/mol. The van der Waals surface area contributed by atoms with Gasteiger partial charge in [0.25, 0.3) is 0 Å². The highest BCUT2D eigenvalue weighted by Crippen LogP contribution is 2.31. The van der Waals surface area contributed by atoms with Crippen LogP contribution in [0.5, 0.6) is 0 Å². The second kappa shape index (κ2) is 6.69. The lowest BCUT2D eigenvalue weighted by Crippen LogP contribution is -2.44. The maximum atomic E-state index is 3.78. The Balaban J connectivity index is 1.51. The summed E-state index contributed by atoms with van der Waals surface area (Å²) in [5.41, 5.74) is 2.76. The third-order valence-electron chi connectivity index (χ3n) is 5.17. The lowest BCUT2D eigenvalue weighted by atomic mass is 9.87. The van der Waals surface area contributed by atoms with E-state index in [9.17, 15) is 0 Å². The van der Waals surface area contributed by atoms with Crippen LogP contribution in [0.15, 0.2) is 24.3 Å². The average molecular weight is 287 g/mol. The van der Waals surface area contributed by atoms with Crippen molar-refractivity contribution in [2.75, 3.05) is 43.0 Å². The summed E-state index contributed by atoms with van der Waals surface area (Å²) in [5, 5.41) is 3.78. The van der Waals surface area contributed by atoms with E-state index in [-0.39, 0.29) is 0 Å². The number of anilines is 2. The first kappa shape index (κ1) is 14.7. The first-order valence-corrected chi connectivity index (χ1v) is 8.52. The number of nitrogens with one attached hydrogen (secondary N) is 1. The van der Waals surface area contributed by atoms with Crippen molar-refractivity contribution in [3.63, 3.8) is 0 Å². The molecule has 0 spiro atoms. The molecule has 2 aliphatic rings. The molecule has 1 fully saturated rings. The van der Waals surface area contributed by atoms with Gasteiger partial charge < -0.3 is 15.1 Å². The third kappa shape index (κ3) is 3.52. The average Bonchev–Trinajstić information content (AvgIpc) is 2.52. The fourth-order valence-electron chi connectivity index (χ4n) is 3.67. The molecule has 3 nitrogen and oxygen atoms in total. The maximum Gasteiger partial charge on any atom is 0.0605 e. The lowest BCUT2D eigenvalue weighted by molar-refractivity contribution is 0.309. The molecule has 1 aromatic carbocycles. The minimum Gasteiger partial charge on any atom is -0.371 e. The minimum absolute atomic E-state index is 0.754. The predicted molar refractivity (Wildman–Crippen MR) is 91.3 cm³/mol. The van der Waals surface area contributed by atoms with E-state index in [1.165, 1.54) is 37.1 Å². The Morgan fingerprint density at radius 3 is 2.52 bits per heavy atom. The van der Waals surface area contributed by atoms with E-state index in [1.807, 2.05) is 0 Å². The number of hydrogen-bond donors (Lipinski definition) is 1. The quantitative estimate of drug-likeness (QED) is 0.918. The second-order valence-corrected chi connectivity index (χ2v) is 6.81. The van der Waals surface area contributed by atoms with Crippen LogP contribution in [-0.4, -0.2) is 39.3 Å². The molecule has 0 amide bonds. The summed E-state index contributed by atoms with van der Waals surface area (Å²) in [4.78, 5) is 4.90. The van der Waals surface area contributed by atoms with E-state index in [4.69, 9.17) is 0 Å². The summed E-state index contributed by atoms with van der Waals surface area (Å²) in [6.07, 6.45) is 5.52. The molecule has 0 aromatic heterocycles. The normalized spacial score (nSPS) is 25.8. The summed E-state index contributed by atoms with van der Waals surface area (Å²) in [5.74, 6) is 0.938. The number of rotatable bonds is 4. The molecule has 1 saturated carbocycles. The van der Waals surface area contributed by atoms with Gasteiger partial charge in [0.1, 0.15) is 0 Å². The van der Waals surface area contributed by atoms with Gasteiger partial charge in [0.05, 0.1) is 11.4 Å². The predicted octanol–water partition coefficient (Wildman–Crippen LogP) is 3.11. The zero-order chi connectivity index (χ0) is 14.7. The van der Waals surface area contributed by atoms with Crippen LogP contribution in [0.4, 0.5) is 11.4 Å². The molecule has 116 valence electrons. The van der Waals surface area contributed by atoms with Crippen LogP contribution >= 0.6 is 0 Å². The molecule has 0 unspecified atom stereocenters. The molecule has 1 heterocycles. The molecular formula is C18H29N3. The molecule has 1 N–H and O–H groups in total. The topological polar surface area (TPSA) is 18.5 Å². The fraction of sp³-hybridized carbons (Fsp3) is 0.667. The Hall–Kier alpha value is -1.22. The Bertz CT molecular complexity index is 452. The van der Waals surface area contributed by atoms with Crippen LogP contribution in [0.2, 0.25) is 0 Å². The third-order valence-corrected chi connectivity index (χ3v) is 5.17. The molecule has 1 aromatic rings. The Morgan fingerprint density at radius 1 is 1.05 bits per heavy atom. The van der Waals surface area contributed by atoms with Crippen LogP contribution in [0.1, 0.15) is 32.6 Å². The zero-order valence-corrected chi connectivity index (χ0v) is 13.5. The van der Waals surface area contributed by atoms with Crippen molar-refractivity contribution in [2.24, 2.45) is 5.92 Å². The van der Waals surface area contributed by atoms with E-state index in [1.54, 1.807) is 0 Å². The van der Waals surface area contributed by atoms with Gasteiger partial charge in [-0.2, -0.15) is 0 Å². The minimum atomic E-state index is 0.754. The molecule has 3 rings (SSSR count).